The first-order chi connectivity index (χ1) is 58.0. The smallest absolute Gasteiger partial charge is 0.138 e. The normalized spacial score (nSPS) is 11.3. The summed E-state index contributed by atoms with van der Waals surface area (Å²) in [5.41, 5.74) is 28.8. The first kappa shape index (κ1) is 80.0. The molecule has 120 heavy (non-hydrogen) atoms. The van der Waals surface area contributed by atoms with E-state index in [9.17, 15) is 0 Å². The molecule has 4 nitrogen and oxygen atoms in total. The molecule has 0 atom stereocenters. The minimum atomic E-state index is 0.973. The summed E-state index contributed by atoms with van der Waals surface area (Å²) in [6, 6.07) is 103. The number of hydrogen-bond donors (Lipinski definition) is 0. The summed E-state index contributed by atoms with van der Waals surface area (Å²) in [5, 5.41) is 21.1. The third kappa shape index (κ3) is 16.1. The molecule has 0 aliphatic heterocycles. The molecule has 0 N–H and O–H groups in total. The molecule has 0 saturated carbocycles. The molecule has 0 saturated heterocycles. The van der Waals surface area contributed by atoms with E-state index < -0.39 is 0 Å². The molecule has 0 spiro atoms. The monoisotopic (exact) mass is 1630 g/mol. The third-order valence-electron chi connectivity index (χ3n) is 22.8. The van der Waals surface area contributed by atoms with Crippen LogP contribution in [0.5, 0.6) is 0 Å². The van der Waals surface area contributed by atoms with Crippen LogP contribution in [0.2, 0.25) is 0 Å². The van der Waals surface area contributed by atoms with Gasteiger partial charge in [-0.2, -0.15) is 0 Å². The third-order valence-corrected chi connectivity index (χ3v) is 27.7. The van der Waals surface area contributed by atoms with Crippen LogP contribution in [0, 0.1) is 111 Å². The molecule has 0 aliphatic rings. The molecule has 24 rings (SSSR count). The lowest BCUT2D eigenvalue weighted by Gasteiger charge is -1.99. The van der Waals surface area contributed by atoms with E-state index in [0.717, 1.165) is 44.7 Å². The Morgan fingerprint density at radius 2 is 0.458 bits per heavy atom. The van der Waals surface area contributed by atoms with E-state index in [1.54, 1.807) is 0 Å². The van der Waals surface area contributed by atoms with Crippen LogP contribution in [-0.2, 0) is 0 Å². The summed E-state index contributed by atoms with van der Waals surface area (Å²) in [6.45, 7) is 34.2. The van der Waals surface area contributed by atoms with Crippen molar-refractivity contribution in [1.29, 1.82) is 0 Å². The first-order valence-corrected chi connectivity index (χ1v) is 44.4. The highest BCUT2D eigenvalue weighted by atomic mass is 32.1. The maximum Gasteiger partial charge on any atom is 0.138 e. The fraction of sp³-hybridized carbons (Fsp3) is 0.143. The molecule has 16 aromatic carbocycles. The van der Waals surface area contributed by atoms with Crippen LogP contribution < -0.4 is 0 Å². The van der Waals surface area contributed by atoms with Crippen molar-refractivity contribution in [2.75, 3.05) is 0 Å². The van der Waals surface area contributed by atoms with Crippen molar-refractivity contribution in [1.82, 2.24) is 0 Å². The van der Waals surface area contributed by atoms with Crippen molar-refractivity contribution >= 4 is 214 Å². The minimum Gasteiger partial charge on any atom is -0.456 e. The minimum absolute atomic E-state index is 0.973. The van der Waals surface area contributed by atoms with E-state index in [1.165, 1.54) is 213 Å². The van der Waals surface area contributed by atoms with E-state index in [-0.39, 0.29) is 0 Å². The SMILES string of the molecule is Cc1ccc2c(c1)oc1cc(C)ccc12.Cc1ccc2c(c1)sc1cc(C)ccc12.Cc1ccc2oc3ccc(C)cc3c2c1.Cc1ccc2sc3ccc(C)cc3c2c1.Cc1cccc2c1oc1c(C)cccc12.Cc1cccc2c1sc1c(C)cccc12.Cc1cccc2oc3cccc(C)c3c12.Cc1cccc2sc3cccc(C)c3c12. The topological polar surface area (TPSA) is 52.6 Å². The number of aryl methyl sites for hydroxylation is 16. The van der Waals surface area contributed by atoms with Gasteiger partial charge in [0.1, 0.15) is 44.7 Å². The maximum atomic E-state index is 5.91. The average molecular weight is 1630 g/mol. The van der Waals surface area contributed by atoms with Crippen LogP contribution in [0.15, 0.2) is 309 Å². The van der Waals surface area contributed by atoms with Crippen LogP contribution in [0.1, 0.15) is 89.0 Å². The summed E-state index contributed by atoms with van der Waals surface area (Å²) >= 11 is 7.57. The maximum absolute atomic E-state index is 5.91. The van der Waals surface area contributed by atoms with Crippen LogP contribution >= 0.6 is 45.3 Å². The molecule has 0 amide bonds. The second-order valence-electron chi connectivity index (χ2n) is 32.4. The van der Waals surface area contributed by atoms with E-state index >= 15 is 0 Å². The highest BCUT2D eigenvalue weighted by Gasteiger charge is 2.16. The van der Waals surface area contributed by atoms with Gasteiger partial charge in [-0.1, -0.05) is 216 Å². The number of para-hydroxylation sites is 2. The Hall–Kier alpha value is -12.4. The van der Waals surface area contributed by atoms with Crippen LogP contribution in [0.4, 0.5) is 0 Å². The fourth-order valence-corrected chi connectivity index (χ4v) is 21.5. The van der Waals surface area contributed by atoms with E-state index in [1.807, 2.05) is 81.7 Å². The van der Waals surface area contributed by atoms with Crippen molar-refractivity contribution in [3.05, 3.63) is 380 Å². The first-order valence-electron chi connectivity index (χ1n) is 41.1. The Balaban J connectivity index is 0.0000000979. The Bertz CT molecular complexity index is 7090. The van der Waals surface area contributed by atoms with Gasteiger partial charge in [0.2, 0.25) is 0 Å². The van der Waals surface area contributed by atoms with Crippen molar-refractivity contribution in [3.8, 4) is 0 Å². The Morgan fingerprint density at radius 3 is 0.892 bits per heavy atom. The molecule has 0 unspecified atom stereocenters. The summed E-state index contributed by atoms with van der Waals surface area (Å²) in [5.74, 6) is 0. The Kier molecular flexibility index (Phi) is 22.5. The molecule has 0 radical (unpaired) electrons. The van der Waals surface area contributed by atoms with Crippen molar-refractivity contribution in [2.45, 2.75) is 111 Å². The summed E-state index contributed by atoms with van der Waals surface area (Å²) in [6.07, 6.45) is 0. The van der Waals surface area contributed by atoms with Gasteiger partial charge in [0.05, 0.1) is 0 Å². The number of furan rings is 4. The second-order valence-corrected chi connectivity index (χ2v) is 36.7. The molecule has 24 aromatic rings. The van der Waals surface area contributed by atoms with Crippen LogP contribution in [0.3, 0.4) is 0 Å². The standard InChI is InChI=1S/4C14H12O.4C14H12S/c1-9-3-5-13-11(7-9)12-8-10(2)4-6-14(12)15-13;1-9-3-5-11-12-6-4-10(2)8-14(12)15-13(11)7-9;1-9-5-3-7-11-13(9)14-10(2)6-4-8-12(14)15-11;1-9-5-3-7-11-12-8-4-6-10(2)14(12)15-13(9)11;1-9-3-5-13-11(7-9)12-8-10(2)4-6-14(12)15-13;1-9-3-5-11-12-6-4-10(2)8-14(12)15-13(11)7-9;1-9-5-3-7-11-13(9)14-10(2)6-4-8-12(14)15-11;1-9-5-3-7-11-12-8-4-6-10(2)14(12)15-13(9)11/h8*3-8H,1-2H3. The highest BCUT2D eigenvalue weighted by Crippen LogP contribution is 2.42. The fourth-order valence-electron chi connectivity index (χ4n) is 16.6. The predicted molar refractivity (Wildman–Crippen MR) is 528 cm³/mol. The quantitative estimate of drug-likeness (QED) is 0.152. The van der Waals surface area contributed by atoms with Gasteiger partial charge in [0, 0.05) is 124 Å². The van der Waals surface area contributed by atoms with E-state index in [0.29, 0.717) is 0 Å². The van der Waals surface area contributed by atoms with Gasteiger partial charge in [-0.15, -0.1) is 45.3 Å². The molecule has 0 fully saturated rings. The highest BCUT2D eigenvalue weighted by molar-refractivity contribution is 7.27. The number of thiophene rings is 4. The molecule has 8 heterocycles. The molecule has 8 aromatic heterocycles. The van der Waals surface area contributed by atoms with E-state index in [2.05, 4.69) is 366 Å². The van der Waals surface area contributed by atoms with Crippen molar-refractivity contribution < 1.29 is 17.7 Å². The molecule has 8 heteroatoms. The van der Waals surface area contributed by atoms with E-state index in [4.69, 9.17) is 17.7 Å². The van der Waals surface area contributed by atoms with Gasteiger partial charge in [-0.25, -0.2) is 0 Å². The molecule has 0 aliphatic carbocycles. The van der Waals surface area contributed by atoms with Gasteiger partial charge in [-0.05, 0) is 275 Å². The zero-order valence-electron chi connectivity index (χ0n) is 71.0. The average Bonchev–Trinajstić information content (AvgIpc) is 1.60. The zero-order chi connectivity index (χ0) is 83.3. The summed E-state index contributed by atoms with van der Waals surface area (Å²) < 4.78 is 34.6. The molecular weight excluding hydrogens is 1540 g/mol. The van der Waals surface area contributed by atoms with Gasteiger partial charge >= 0.3 is 0 Å². The largest absolute Gasteiger partial charge is 0.456 e. The number of rotatable bonds is 0. The van der Waals surface area contributed by atoms with Gasteiger partial charge in [0.25, 0.3) is 0 Å². The summed E-state index contributed by atoms with van der Waals surface area (Å²) in [4.78, 5) is 0. The molecule has 592 valence electrons. The summed E-state index contributed by atoms with van der Waals surface area (Å²) in [7, 11) is 0. The van der Waals surface area contributed by atoms with Crippen LogP contribution in [0.25, 0.3) is 168 Å². The van der Waals surface area contributed by atoms with Gasteiger partial charge in [-0.3, -0.25) is 0 Å². The number of hydrogen-bond acceptors (Lipinski definition) is 8. The molecular formula is C112H96O4S4. The predicted octanol–water partition coefficient (Wildman–Crippen LogP) is 35.5. The second kappa shape index (κ2) is 33.8. The van der Waals surface area contributed by atoms with Gasteiger partial charge in [0.15, 0.2) is 0 Å². The lowest BCUT2D eigenvalue weighted by atomic mass is 10.0. The van der Waals surface area contributed by atoms with Crippen LogP contribution in [-0.4, -0.2) is 0 Å². The van der Waals surface area contributed by atoms with Gasteiger partial charge < -0.3 is 17.7 Å². The number of benzene rings is 16. The van der Waals surface area contributed by atoms with Crippen molar-refractivity contribution in [3.63, 3.8) is 0 Å². The lowest BCUT2D eigenvalue weighted by Crippen LogP contribution is -1.76. The zero-order valence-corrected chi connectivity index (χ0v) is 74.2. The van der Waals surface area contributed by atoms with Crippen molar-refractivity contribution in [2.24, 2.45) is 0 Å². The Morgan fingerprint density at radius 1 is 0.158 bits per heavy atom. The molecule has 0 bridgehead atoms. The Labute approximate surface area is 716 Å². The number of fused-ring (bicyclic) bond motifs is 24. The lowest BCUT2D eigenvalue weighted by molar-refractivity contribution is 0.662.